The lowest BCUT2D eigenvalue weighted by Gasteiger charge is -2.26. The minimum absolute atomic E-state index is 0.0751. The van der Waals surface area contributed by atoms with Gasteiger partial charge in [-0.3, -0.25) is 14.3 Å². The van der Waals surface area contributed by atoms with E-state index >= 15 is 0 Å². The molecule has 4 rings (SSSR count). The summed E-state index contributed by atoms with van der Waals surface area (Å²) in [6.07, 6.45) is 0. The van der Waals surface area contributed by atoms with Gasteiger partial charge >= 0.3 is 5.69 Å². The van der Waals surface area contributed by atoms with Crippen molar-refractivity contribution in [1.82, 2.24) is 14.5 Å². The van der Waals surface area contributed by atoms with Crippen molar-refractivity contribution in [3.05, 3.63) is 98.5 Å². The molecular weight excluding hydrogens is 434 g/mol. The van der Waals surface area contributed by atoms with Crippen LogP contribution in [0.1, 0.15) is 17.0 Å². The van der Waals surface area contributed by atoms with Gasteiger partial charge < -0.3 is 19.8 Å². The highest BCUT2D eigenvalue weighted by Crippen LogP contribution is 2.26. The lowest BCUT2D eigenvalue weighted by atomic mass is 10.2. The fraction of sp³-hybridized carbons (Fsp3) is 0.240. The van der Waals surface area contributed by atoms with Crippen LogP contribution < -0.4 is 21.9 Å². The molecule has 4 aromatic rings. The van der Waals surface area contributed by atoms with Crippen molar-refractivity contribution < 1.29 is 9.15 Å². The Morgan fingerprint density at radius 2 is 1.74 bits per heavy atom. The first kappa shape index (κ1) is 23.1. The van der Waals surface area contributed by atoms with E-state index in [4.69, 9.17) is 14.9 Å². The van der Waals surface area contributed by atoms with E-state index in [2.05, 4.69) is 9.97 Å². The summed E-state index contributed by atoms with van der Waals surface area (Å²) in [4.78, 5) is 34.2. The topological polar surface area (TPSA) is 119 Å². The van der Waals surface area contributed by atoms with Gasteiger partial charge in [-0.1, -0.05) is 48.5 Å². The third kappa shape index (κ3) is 4.94. The van der Waals surface area contributed by atoms with Crippen LogP contribution in [0.15, 0.2) is 74.7 Å². The van der Waals surface area contributed by atoms with Crippen LogP contribution in [0.5, 0.6) is 0 Å². The summed E-state index contributed by atoms with van der Waals surface area (Å²) < 4.78 is 12.3. The zero-order chi connectivity index (χ0) is 24.1. The molecule has 2 aromatic carbocycles. The van der Waals surface area contributed by atoms with Crippen LogP contribution in [0, 0.1) is 6.92 Å². The first-order valence-electron chi connectivity index (χ1n) is 10.9. The Morgan fingerprint density at radius 3 is 2.41 bits per heavy atom. The van der Waals surface area contributed by atoms with E-state index in [0.717, 1.165) is 11.1 Å². The van der Waals surface area contributed by atoms with E-state index < -0.39 is 11.2 Å². The van der Waals surface area contributed by atoms with Gasteiger partial charge in [0, 0.05) is 19.2 Å². The van der Waals surface area contributed by atoms with Gasteiger partial charge in [0.05, 0.1) is 19.7 Å². The number of nitrogens with two attached hydrogens (primary N) is 1. The van der Waals surface area contributed by atoms with Crippen molar-refractivity contribution in [2.45, 2.75) is 26.6 Å². The molecule has 0 aliphatic carbocycles. The second kappa shape index (κ2) is 10.2. The molecule has 9 heteroatoms. The van der Waals surface area contributed by atoms with E-state index in [9.17, 15) is 9.59 Å². The molecule has 0 amide bonds. The number of aromatic nitrogens is 3. The summed E-state index contributed by atoms with van der Waals surface area (Å²) in [5.41, 5.74) is 7.93. The number of methoxy groups -OCH3 is 1. The predicted molar refractivity (Wildman–Crippen MR) is 131 cm³/mol. The number of aryl methyl sites for hydroxylation is 1. The van der Waals surface area contributed by atoms with Crippen molar-refractivity contribution >= 4 is 11.5 Å². The summed E-state index contributed by atoms with van der Waals surface area (Å²) in [6, 6.07) is 19.3. The number of ether oxygens (including phenoxy) is 1. The van der Waals surface area contributed by atoms with Crippen molar-refractivity contribution in [2.75, 3.05) is 24.4 Å². The number of benzene rings is 2. The van der Waals surface area contributed by atoms with Gasteiger partial charge in [-0.2, -0.15) is 0 Å². The van der Waals surface area contributed by atoms with Crippen LogP contribution >= 0.6 is 0 Å². The summed E-state index contributed by atoms with van der Waals surface area (Å²) in [5, 5.41) is 0. The SMILES string of the molecule is COCCn1c(N)c(N(Cc2ccccc2)Cc2nc(-c3ccccc3)oc2C)c(=O)[nH]c1=O. The monoisotopic (exact) mass is 461 g/mol. The number of oxazole rings is 1. The number of nitrogens with zero attached hydrogens (tertiary/aromatic N) is 3. The molecule has 0 saturated carbocycles. The van der Waals surface area contributed by atoms with Gasteiger partial charge in [0.25, 0.3) is 5.56 Å². The Hall–Kier alpha value is -4.11. The van der Waals surface area contributed by atoms with E-state index in [1.807, 2.05) is 72.5 Å². The number of anilines is 2. The number of hydrogen-bond acceptors (Lipinski definition) is 7. The molecule has 2 aromatic heterocycles. The number of aromatic amines is 1. The Balaban J connectivity index is 1.77. The van der Waals surface area contributed by atoms with Gasteiger partial charge in [-0.05, 0) is 24.6 Å². The van der Waals surface area contributed by atoms with Crippen LogP contribution in [-0.2, 0) is 24.4 Å². The van der Waals surface area contributed by atoms with Crippen LogP contribution in [-0.4, -0.2) is 28.3 Å². The predicted octanol–water partition coefficient (Wildman–Crippen LogP) is 2.94. The van der Waals surface area contributed by atoms with Gasteiger partial charge in [0.2, 0.25) is 5.89 Å². The highest BCUT2D eigenvalue weighted by molar-refractivity contribution is 5.63. The molecule has 3 N–H and O–H groups in total. The van der Waals surface area contributed by atoms with E-state index in [1.54, 1.807) is 0 Å². The molecule has 0 fully saturated rings. The minimum Gasteiger partial charge on any atom is -0.441 e. The van der Waals surface area contributed by atoms with Crippen molar-refractivity contribution in [2.24, 2.45) is 0 Å². The van der Waals surface area contributed by atoms with Crippen molar-refractivity contribution in [1.29, 1.82) is 0 Å². The fourth-order valence-corrected chi connectivity index (χ4v) is 3.77. The van der Waals surface area contributed by atoms with Gasteiger partial charge in [0.1, 0.15) is 23.0 Å². The van der Waals surface area contributed by atoms with E-state index in [-0.39, 0.29) is 31.2 Å². The molecule has 0 aliphatic heterocycles. The van der Waals surface area contributed by atoms with E-state index in [1.165, 1.54) is 11.7 Å². The standard InChI is InChI=1S/C25H27N5O4/c1-17-20(27-24(34-17)19-11-7-4-8-12-19)16-29(15-18-9-5-3-6-10-18)21-22(26)30(13-14-33-2)25(32)28-23(21)31/h3-12H,13-16,26H2,1-2H3,(H,28,31,32). The molecule has 176 valence electrons. The molecule has 0 aliphatic rings. The zero-order valence-electron chi connectivity index (χ0n) is 19.2. The van der Waals surface area contributed by atoms with Gasteiger partial charge in [-0.15, -0.1) is 0 Å². The number of hydrogen-bond donors (Lipinski definition) is 2. The quantitative estimate of drug-likeness (QED) is 0.393. The summed E-state index contributed by atoms with van der Waals surface area (Å²) in [5.74, 6) is 1.21. The molecule has 2 heterocycles. The molecule has 0 radical (unpaired) electrons. The average Bonchev–Trinajstić information content (AvgIpc) is 3.20. The number of nitrogens with one attached hydrogen (secondary N) is 1. The summed E-state index contributed by atoms with van der Waals surface area (Å²) in [6.45, 7) is 2.96. The van der Waals surface area contributed by atoms with Crippen molar-refractivity contribution in [3.8, 4) is 11.5 Å². The highest BCUT2D eigenvalue weighted by atomic mass is 16.5. The largest absolute Gasteiger partial charge is 0.441 e. The Morgan fingerprint density at radius 1 is 1.06 bits per heavy atom. The van der Waals surface area contributed by atoms with Crippen LogP contribution in [0.4, 0.5) is 11.5 Å². The molecule has 0 bridgehead atoms. The smallest absolute Gasteiger partial charge is 0.330 e. The first-order chi connectivity index (χ1) is 16.5. The second-order valence-corrected chi connectivity index (χ2v) is 7.87. The number of H-pyrrole nitrogens is 1. The second-order valence-electron chi connectivity index (χ2n) is 7.87. The Kier molecular flexibility index (Phi) is 6.93. The summed E-state index contributed by atoms with van der Waals surface area (Å²) in [7, 11) is 1.53. The van der Waals surface area contributed by atoms with Crippen LogP contribution in [0.2, 0.25) is 0 Å². The van der Waals surface area contributed by atoms with E-state index in [0.29, 0.717) is 23.9 Å². The first-order valence-corrected chi connectivity index (χ1v) is 10.9. The average molecular weight is 462 g/mol. The fourth-order valence-electron chi connectivity index (χ4n) is 3.77. The van der Waals surface area contributed by atoms with Crippen LogP contribution in [0.25, 0.3) is 11.5 Å². The van der Waals surface area contributed by atoms with Gasteiger partial charge in [0.15, 0.2) is 0 Å². The maximum Gasteiger partial charge on any atom is 0.330 e. The lowest BCUT2D eigenvalue weighted by Crippen LogP contribution is -2.38. The maximum absolute atomic E-state index is 13.0. The highest BCUT2D eigenvalue weighted by Gasteiger charge is 2.22. The molecule has 0 unspecified atom stereocenters. The van der Waals surface area contributed by atoms with Crippen molar-refractivity contribution in [3.63, 3.8) is 0 Å². The maximum atomic E-state index is 13.0. The molecular formula is C25H27N5O4. The number of nitrogen functional groups attached to an aromatic ring is 1. The molecule has 9 nitrogen and oxygen atoms in total. The normalized spacial score (nSPS) is 11.0. The Bertz CT molecular complexity index is 1360. The molecule has 0 atom stereocenters. The molecule has 0 saturated heterocycles. The lowest BCUT2D eigenvalue weighted by molar-refractivity contribution is 0.186. The third-order valence-corrected chi connectivity index (χ3v) is 5.52. The van der Waals surface area contributed by atoms with Crippen LogP contribution in [0.3, 0.4) is 0 Å². The minimum atomic E-state index is -0.577. The molecule has 0 spiro atoms. The molecule has 34 heavy (non-hydrogen) atoms. The number of rotatable bonds is 9. The third-order valence-electron chi connectivity index (χ3n) is 5.52. The van der Waals surface area contributed by atoms with Gasteiger partial charge in [-0.25, -0.2) is 9.78 Å². The zero-order valence-corrected chi connectivity index (χ0v) is 19.2. The summed E-state index contributed by atoms with van der Waals surface area (Å²) >= 11 is 0. The Labute approximate surface area is 196 Å².